The van der Waals surface area contributed by atoms with Gasteiger partial charge >= 0.3 is 0 Å². The fourth-order valence-corrected chi connectivity index (χ4v) is 3.35. The molecule has 1 amide bonds. The Morgan fingerprint density at radius 2 is 1.89 bits per heavy atom. The van der Waals surface area contributed by atoms with Gasteiger partial charge in [0.2, 0.25) is 5.91 Å². The van der Waals surface area contributed by atoms with E-state index >= 15 is 0 Å². The highest BCUT2D eigenvalue weighted by atomic mass is 35.5. The summed E-state index contributed by atoms with van der Waals surface area (Å²) < 4.78 is 1.96. The van der Waals surface area contributed by atoms with E-state index < -0.39 is 5.91 Å². The molecule has 0 saturated carbocycles. The number of halogens is 2. The van der Waals surface area contributed by atoms with Crippen molar-refractivity contribution in [3.63, 3.8) is 0 Å². The molecule has 144 valence electrons. The molecule has 0 bridgehead atoms. The van der Waals surface area contributed by atoms with Crippen molar-refractivity contribution in [1.82, 2.24) is 9.55 Å². The minimum atomic E-state index is -0.494. The molecule has 0 atom stereocenters. The lowest BCUT2D eigenvalue weighted by Crippen LogP contribution is -2.07. The minimum absolute atomic E-state index is 0.238. The minimum Gasteiger partial charge on any atom is -0.508 e. The summed E-state index contributed by atoms with van der Waals surface area (Å²) in [5.41, 5.74) is 7.78. The number of phenolic OH excluding ortho intramolecular Hbond substituents is 1. The van der Waals surface area contributed by atoms with Gasteiger partial charge in [-0.3, -0.25) is 4.79 Å². The van der Waals surface area contributed by atoms with E-state index in [1.54, 1.807) is 30.3 Å². The van der Waals surface area contributed by atoms with Gasteiger partial charge in [-0.25, -0.2) is 4.98 Å². The first-order chi connectivity index (χ1) is 13.4. The molecule has 1 heterocycles. The van der Waals surface area contributed by atoms with Gasteiger partial charge in [0.15, 0.2) is 0 Å². The van der Waals surface area contributed by atoms with Crippen LogP contribution in [0.2, 0.25) is 10.0 Å². The first-order valence-electron chi connectivity index (χ1n) is 8.68. The highest BCUT2D eigenvalue weighted by Gasteiger charge is 2.12. The number of rotatable bonds is 7. The van der Waals surface area contributed by atoms with Crippen molar-refractivity contribution in [2.75, 3.05) is 0 Å². The van der Waals surface area contributed by atoms with Crippen LogP contribution >= 0.6 is 23.2 Å². The number of imidazole rings is 1. The molecule has 3 rings (SSSR count). The lowest BCUT2D eigenvalue weighted by molar-refractivity contribution is -0.113. The van der Waals surface area contributed by atoms with Crippen LogP contribution in [0.15, 0.2) is 60.8 Å². The highest BCUT2D eigenvalue weighted by Crippen LogP contribution is 2.30. The molecule has 2 aromatic carbocycles. The maximum atomic E-state index is 11.0. The number of hydrogen-bond donors (Lipinski definition) is 2. The predicted octanol–water partition coefficient (Wildman–Crippen LogP) is 4.39. The van der Waals surface area contributed by atoms with Crippen molar-refractivity contribution < 1.29 is 9.90 Å². The van der Waals surface area contributed by atoms with E-state index in [9.17, 15) is 9.90 Å². The summed E-state index contributed by atoms with van der Waals surface area (Å²) >= 11 is 12.3. The largest absolute Gasteiger partial charge is 0.508 e. The van der Waals surface area contributed by atoms with Gasteiger partial charge in [-0.15, -0.1) is 0 Å². The number of amides is 1. The van der Waals surface area contributed by atoms with Gasteiger partial charge in [-0.1, -0.05) is 41.4 Å². The summed E-state index contributed by atoms with van der Waals surface area (Å²) in [5.74, 6) is 0.594. The van der Waals surface area contributed by atoms with Gasteiger partial charge in [0.25, 0.3) is 0 Å². The summed E-state index contributed by atoms with van der Waals surface area (Å²) in [6.07, 6.45) is 6.36. The van der Waals surface area contributed by atoms with Gasteiger partial charge < -0.3 is 15.4 Å². The zero-order valence-corrected chi connectivity index (χ0v) is 16.5. The number of aryl methyl sites for hydroxylation is 2. The van der Waals surface area contributed by atoms with Gasteiger partial charge in [-0.2, -0.15) is 0 Å². The molecule has 0 aliphatic rings. The van der Waals surface area contributed by atoms with Gasteiger partial charge in [0, 0.05) is 35.8 Å². The Balaban J connectivity index is 1.87. The molecule has 0 radical (unpaired) electrons. The lowest BCUT2D eigenvalue weighted by atomic mass is 10.1. The first-order valence-corrected chi connectivity index (χ1v) is 9.43. The molecular weight excluding hydrogens is 397 g/mol. The number of aromatic nitrogens is 2. The molecule has 0 aliphatic carbocycles. The maximum Gasteiger partial charge on any atom is 0.241 e. The standard InChI is InChI=1S/C21H19Cl2N3O2/c22-15-6-9-17(18(23)12-15)19-13-26(11-1-2-20(24)28)21(25-19)10-5-14-3-7-16(27)8-4-14/h1-4,6-9,12-13,27H,5,10-11H2,(H2,24,28)/b2-1+. The molecule has 28 heavy (non-hydrogen) atoms. The second kappa shape index (κ2) is 8.95. The monoisotopic (exact) mass is 415 g/mol. The highest BCUT2D eigenvalue weighted by molar-refractivity contribution is 6.36. The van der Waals surface area contributed by atoms with Crippen LogP contribution in [-0.4, -0.2) is 20.6 Å². The van der Waals surface area contributed by atoms with Crippen LogP contribution < -0.4 is 5.73 Å². The summed E-state index contributed by atoms with van der Waals surface area (Å²) in [6, 6.07) is 12.4. The molecule has 0 unspecified atom stereocenters. The molecule has 5 nitrogen and oxygen atoms in total. The third kappa shape index (κ3) is 5.15. The number of aromatic hydroxyl groups is 1. The number of nitrogens with two attached hydrogens (primary N) is 1. The van der Waals surface area contributed by atoms with Crippen molar-refractivity contribution in [2.45, 2.75) is 19.4 Å². The smallest absolute Gasteiger partial charge is 0.241 e. The molecular formula is C21H19Cl2N3O2. The van der Waals surface area contributed by atoms with Crippen LogP contribution in [0.5, 0.6) is 5.75 Å². The number of benzene rings is 2. The second-order valence-corrected chi connectivity index (χ2v) is 7.13. The fraction of sp³-hybridized carbons (Fsp3) is 0.143. The Hall–Kier alpha value is -2.76. The van der Waals surface area contributed by atoms with Gasteiger partial charge in [0.05, 0.1) is 10.7 Å². The van der Waals surface area contributed by atoms with Crippen molar-refractivity contribution in [3.8, 4) is 17.0 Å². The Labute approximate surface area is 173 Å². The van der Waals surface area contributed by atoms with Crippen LogP contribution in [0.25, 0.3) is 11.3 Å². The number of allylic oxidation sites excluding steroid dienone is 1. The predicted molar refractivity (Wildman–Crippen MR) is 112 cm³/mol. The van der Waals surface area contributed by atoms with E-state index in [-0.39, 0.29) is 5.75 Å². The molecule has 0 aliphatic heterocycles. The number of carbonyl (C=O) groups excluding carboxylic acids is 1. The number of phenols is 1. The lowest BCUT2D eigenvalue weighted by Gasteiger charge is -2.05. The molecule has 7 heteroatoms. The van der Waals surface area contributed by atoms with Crippen LogP contribution in [0.1, 0.15) is 11.4 Å². The van der Waals surface area contributed by atoms with Crippen LogP contribution in [-0.2, 0) is 24.2 Å². The topological polar surface area (TPSA) is 81.1 Å². The SMILES string of the molecule is NC(=O)/C=C/Cn1cc(-c2ccc(Cl)cc2Cl)nc1CCc1ccc(O)cc1. The van der Waals surface area contributed by atoms with Crippen molar-refractivity contribution in [1.29, 1.82) is 0 Å². The first kappa shape index (κ1) is 20.0. The molecule has 0 fully saturated rings. The summed E-state index contributed by atoms with van der Waals surface area (Å²) in [5, 5.41) is 10.5. The summed E-state index contributed by atoms with van der Waals surface area (Å²) in [4.78, 5) is 15.7. The number of carbonyl (C=O) groups is 1. The van der Waals surface area contributed by atoms with Crippen molar-refractivity contribution in [2.24, 2.45) is 5.73 Å². The quantitative estimate of drug-likeness (QED) is 0.561. The zero-order chi connectivity index (χ0) is 20.1. The summed E-state index contributed by atoms with van der Waals surface area (Å²) in [7, 11) is 0. The normalized spacial score (nSPS) is 11.2. The molecule has 0 saturated heterocycles. The second-order valence-electron chi connectivity index (χ2n) is 6.29. The van der Waals surface area contributed by atoms with E-state index in [0.717, 1.165) is 29.1 Å². The molecule has 3 N–H and O–H groups in total. The number of primary amides is 1. The van der Waals surface area contributed by atoms with E-state index in [2.05, 4.69) is 0 Å². The van der Waals surface area contributed by atoms with Crippen molar-refractivity contribution >= 4 is 29.1 Å². The van der Waals surface area contributed by atoms with Gasteiger partial charge in [0.1, 0.15) is 11.6 Å². The third-order valence-corrected chi connectivity index (χ3v) is 4.77. The van der Waals surface area contributed by atoms with E-state index in [1.165, 1.54) is 6.08 Å². The van der Waals surface area contributed by atoms with Crippen LogP contribution in [0.3, 0.4) is 0 Å². The summed E-state index contributed by atoms with van der Waals surface area (Å²) in [6.45, 7) is 0.464. The van der Waals surface area contributed by atoms with Crippen LogP contribution in [0, 0.1) is 0 Å². The average molecular weight is 416 g/mol. The zero-order valence-electron chi connectivity index (χ0n) is 15.0. The average Bonchev–Trinajstić information content (AvgIpc) is 3.03. The van der Waals surface area contributed by atoms with E-state index in [1.807, 2.05) is 29.0 Å². The van der Waals surface area contributed by atoms with E-state index in [0.29, 0.717) is 23.0 Å². The van der Waals surface area contributed by atoms with Crippen LogP contribution in [0.4, 0.5) is 0 Å². The Morgan fingerprint density at radius 3 is 2.57 bits per heavy atom. The Morgan fingerprint density at radius 1 is 1.14 bits per heavy atom. The van der Waals surface area contributed by atoms with Gasteiger partial charge in [-0.05, 0) is 42.3 Å². The Bertz CT molecular complexity index is 1010. The molecule has 3 aromatic rings. The third-order valence-electron chi connectivity index (χ3n) is 4.22. The number of hydrogen-bond acceptors (Lipinski definition) is 3. The molecule has 0 spiro atoms. The fourth-order valence-electron chi connectivity index (χ4n) is 2.84. The van der Waals surface area contributed by atoms with Crippen molar-refractivity contribution in [3.05, 3.63) is 82.2 Å². The maximum absolute atomic E-state index is 11.0. The number of nitrogens with zero attached hydrogens (tertiary/aromatic N) is 2. The molecule has 1 aromatic heterocycles. The Kier molecular flexibility index (Phi) is 6.39. The van der Waals surface area contributed by atoms with E-state index in [4.69, 9.17) is 33.9 Å².